The summed E-state index contributed by atoms with van der Waals surface area (Å²) in [5, 5.41) is 9.12. The third-order valence-electron chi connectivity index (χ3n) is 4.13. The summed E-state index contributed by atoms with van der Waals surface area (Å²) in [6.45, 7) is 1.77. The first kappa shape index (κ1) is 19.9. The van der Waals surface area contributed by atoms with E-state index < -0.39 is 5.54 Å². The first-order chi connectivity index (χ1) is 12.4. The van der Waals surface area contributed by atoms with Gasteiger partial charge in [-0.1, -0.05) is 12.1 Å². The highest BCUT2D eigenvalue weighted by atomic mass is 16.5. The molecule has 0 saturated heterocycles. The predicted molar refractivity (Wildman–Crippen MR) is 102 cm³/mol. The summed E-state index contributed by atoms with van der Waals surface area (Å²) in [7, 11) is 1.64. The van der Waals surface area contributed by atoms with Gasteiger partial charge in [-0.3, -0.25) is 4.79 Å². The summed E-state index contributed by atoms with van der Waals surface area (Å²) in [6.07, 6.45) is 2.15. The topological polar surface area (TPSA) is 81.8 Å². The van der Waals surface area contributed by atoms with Crippen molar-refractivity contribution in [3.05, 3.63) is 59.7 Å². The Hall–Kier alpha value is -2.37. The SMILES string of the molecule is COc1ccc(CCCC(=O)c2ccc(OCC(C)(N)CO)cc2)cc1. The highest BCUT2D eigenvalue weighted by molar-refractivity contribution is 5.96. The monoisotopic (exact) mass is 357 g/mol. The largest absolute Gasteiger partial charge is 0.497 e. The average molecular weight is 357 g/mol. The van der Waals surface area contributed by atoms with Gasteiger partial charge in [0.25, 0.3) is 0 Å². The molecule has 5 heteroatoms. The van der Waals surface area contributed by atoms with Gasteiger partial charge in [0.2, 0.25) is 0 Å². The summed E-state index contributed by atoms with van der Waals surface area (Å²) in [5.41, 5.74) is 6.90. The van der Waals surface area contributed by atoms with Crippen molar-refractivity contribution in [2.45, 2.75) is 31.7 Å². The molecule has 26 heavy (non-hydrogen) atoms. The first-order valence-corrected chi connectivity index (χ1v) is 8.72. The van der Waals surface area contributed by atoms with Crippen molar-refractivity contribution in [1.82, 2.24) is 0 Å². The minimum atomic E-state index is -0.782. The fourth-order valence-electron chi connectivity index (χ4n) is 2.42. The van der Waals surface area contributed by atoms with E-state index in [9.17, 15) is 4.79 Å². The molecule has 0 heterocycles. The van der Waals surface area contributed by atoms with E-state index in [1.165, 1.54) is 5.56 Å². The van der Waals surface area contributed by atoms with Gasteiger partial charge in [-0.25, -0.2) is 0 Å². The minimum Gasteiger partial charge on any atom is -0.497 e. The maximum atomic E-state index is 12.3. The number of aliphatic hydroxyl groups is 1. The standard InChI is InChI=1S/C21H27NO4/c1-21(22,14-23)15-26-19-12-8-17(9-13-19)20(24)5-3-4-16-6-10-18(25-2)11-7-16/h6-13,23H,3-5,14-15,22H2,1-2H3. The summed E-state index contributed by atoms with van der Waals surface area (Å²) in [5.74, 6) is 1.58. The number of carbonyl (C=O) groups is 1. The van der Waals surface area contributed by atoms with E-state index in [0.717, 1.165) is 18.6 Å². The molecule has 0 fully saturated rings. The van der Waals surface area contributed by atoms with Gasteiger partial charge >= 0.3 is 0 Å². The van der Waals surface area contributed by atoms with Gasteiger partial charge in [0.1, 0.15) is 18.1 Å². The fraction of sp³-hybridized carbons (Fsp3) is 0.381. The van der Waals surface area contributed by atoms with E-state index in [1.807, 2.05) is 24.3 Å². The van der Waals surface area contributed by atoms with Crippen LogP contribution in [0.15, 0.2) is 48.5 Å². The van der Waals surface area contributed by atoms with Crippen molar-refractivity contribution in [1.29, 1.82) is 0 Å². The molecule has 3 N–H and O–H groups in total. The molecule has 0 spiro atoms. The number of nitrogens with two attached hydrogens (primary N) is 1. The molecule has 140 valence electrons. The minimum absolute atomic E-state index is 0.115. The molecule has 2 aromatic rings. The van der Waals surface area contributed by atoms with E-state index >= 15 is 0 Å². The van der Waals surface area contributed by atoms with Crippen molar-refractivity contribution >= 4 is 5.78 Å². The zero-order chi connectivity index (χ0) is 19.0. The Kier molecular flexibility index (Phi) is 7.18. The van der Waals surface area contributed by atoms with Crippen molar-refractivity contribution in [2.24, 2.45) is 5.73 Å². The first-order valence-electron chi connectivity index (χ1n) is 8.72. The van der Waals surface area contributed by atoms with Crippen molar-refractivity contribution in [3.8, 4) is 11.5 Å². The number of hydrogen-bond donors (Lipinski definition) is 2. The summed E-state index contributed by atoms with van der Waals surface area (Å²) < 4.78 is 10.7. The van der Waals surface area contributed by atoms with Crippen LogP contribution in [0, 0.1) is 0 Å². The number of aliphatic hydroxyl groups excluding tert-OH is 1. The lowest BCUT2D eigenvalue weighted by atomic mass is 10.0. The number of Topliss-reactive ketones (excluding diaryl/α,β-unsaturated/α-hetero) is 1. The Morgan fingerprint density at radius 1 is 1.08 bits per heavy atom. The van der Waals surface area contributed by atoms with E-state index in [4.69, 9.17) is 20.3 Å². The average Bonchev–Trinajstić information content (AvgIpc) is 2.67. The maximum absolute atomic E-state index is 12.3. The molecule has 0 aliphatic heterocycles. The second-order valence-corrected chi connectivity index (χ2v) is 6.75. The number of aryl methyl sites for hydroxylation is 1. The molecular weight excluding hydrogens is 330 g/mol. The molecule has 0 amide bonds. The highest BCUT2D eigenvalue weighted by Gasteiger charge is 2.18. The summed E-state index contributed by atoms with van der Waals surface area (Å²) in [4.78, 5) is 12.3. The third-order valence-corrected chi connectivity index (χ3v) is 4.13. The van der Waals surface area contributed by atoms with Crippen LogP contribution in [-0.2, 0) is 6.42 Å². The van der Waals surface area contributed by atoms with Crippen LogP contribution in [0.2, 0.25) is 0 Å². The van der Waals surface area contributed by atoms with Crippen LogP contribution < -0.4 is 15.2 Å². The molecule has 2 aromatic carbocycles. The Morgan fingerprint density at radius 3 is 2.27 bits per heavy atom. The van der Waals surface area contributed by atoms with E-state index in [-0.39, 0.29) is 19.0 Å². The lowest BCUT2D eigenvalue weighted by Gasteiger charge is -2.21. The Balaban J connectivity index is 1.79. The van der Waals surface area contributed by atoms with Crippen molar-refractivity contribution in [2.75, 3.05) is 20.3 Å². The molecule has 0 aliphatic rings. The zero-order valence-corrected chi connectivity index (χ0v) is 15.4. The zero-order valence-electron chi connectivity index (χ0n) is 15.4. The number of hydrogen-bond acceptors (Lipinski definition) is 5. The predicted octanol–water partition coefficient (Wildman–Crippen LogP) is 2.99. The van der Waals surface area contributed by atoms with Crippen molar-refractivity contribution < 1.29 is 19.4 Å². The van der Waals surface area contributed by atoms with Crippen LogP contribution in [0.3, 0.4) is 0 Å². The Bertz CT molecular complexity index is 693. The van der Waals surface area contributed by atoms with Crippen LogP contribution in [0.25, 0.3) is 0 Å². The quantitative estimate of drug-likeness (QED) is 0.639. The summed E-state index contributed by atoms with van der Waals surface area (Å²) >= 11 is 0. The number of methoxy groups -OCH3 is 1. The lowest BCUT2D eigenvalue weighted by molar-refractivity contribution is 0.0980. The lowest BCUT2D eigenvalue weighted by Crippen LogP contribution is -2.45. The molecule has 1 unspecified atom stereocenters. The van der Waals surface area contributed by atoms with Crippen molar-refractivity contribution in [3.63, 3.8) is 0 Å². The van der Waals surface area contributed by atoms with Gasteiger partial charge in [-0.2, -0.15) is 0 Å². The third kappa shape index (κ3) is 6.17. The van der Waals surface area contributed by atoms with Gasteiger partial charge in [-0.05, 0) is 61.7 Å². The number of ketones is 1. The smallest absolute Gasteiger partial charge is 0.162 e. The molecule has 5 nitrogen and oxygen atoms in total. The number of carbonyl (C=O) groups excluding carboxylic acids is 1. The molecule has 0 saturated carbocycles. The van der Waals surface area contributed by atoms with Gasteiger partial charge < -0.3 is 20.3 Å². The van der Waals surface area contributed by atoms with Crippen LogP contribution >= 0.6 is 0 Å². The normalized spacial score (nSPS) is 13.1. The van der Waals surface area contributed by atoms with Crippen LogP contribution in [0.5, 0.6) is 11.5 Å². The number of rotatable bonds is 10. The van der Waals surface area contributed by atoms with Crippen LogP contribution in [0.4, 0.5) is 0 Å². The molecule has 1 atom stereocenters. The molecule has 0 radical (unpaired) electrons. The van der Waals surface area contributed by atoms with E-state index in [1.54, 1.807) is 38.3 Å². The van der Waals surface area contributed by atoms with Gasteiger partial charge in [0, 0.05) is 12.0 Å². The molecule has 2 rings (SSSR count). The van der Waals surface area contributed by atoms with Crippen LogP contribution in [-0.4, -0.2) is 36.8 Å². The van der Waals surface area contributed by atoms with Gasteiger partial charge in [-0.15, -0.1) is 0 Å². The Morgan fingerprint density at radius 2 is 1.69 bits per heavy atom. The second-order valence-electron chi connectivity index (χ2n) is 6.75. The number of benzene rings is 2. The van der Waals surface area contributed by atoms with Gasteiger partial charge in [0.15, 0.2) is 5.78 Å². The van der Waals surface area contributed by atoms with E-state index in [0.29, 0.717) is 17.7 Å². The molecular formula is C21H27NO4. The summed E-state index contributed by atoms with van der Waals surface area (Å²) in [6, 6.07) is 14.9. The fourth-order valence-corrected chi connectivity index (χ4v) is 2.42. The molecule has 0 aromatic heterocycles. The van der Waals surface area contributed by atoms with Gasteiger partial charge in [0.05, 0.1) is 19.3 Å². The molecule has 0 bridgehead atoms. The van der Waals surface area contributed by atoms with Crippen LogP contribution in [0.1, 0.15) is 35.7 Å². The Labute approximate surface area is 154 Å². The van der Waals surface area contributed by atoms with E-state index in [2.05, 4.69) is 0 Å². The number of ether oxygens (including phenoxy) is 2. The highest BCUT2D eigenvalue weighted by Crippen LogP contribution is 2.17. The molecule has 0 aliphatic carbocycles. The second kappa shape index (κ2) is 9.36. The maximum Gasteiger partial charge on any atom is 0.162 e.